The second-order valence-electron chi connectivity index (χ2n) is 16.7. The molecule has 0 radical (unpaired) electrons. The van der Waals surface area contributed by atoms with Crippen molar-refractivity contribution < 1.29 is 9.47 Å². The molecule has 1 aliphatic heterocycles. The Hall–Kier alpha value is -4.63. The summed E-state index contributed by atoms with van der Waals surface area (Å²) in [5, 5.41) is 0. The zero-order chi connectivity index (χ0) is 39.3. The summed E-state index contributed by atoms with van der Waals surface area (Å²) in [5.41, 5.74) is 26.0. The predicted octanol–water partition coefficient (Wildman–Crippen LogP) is 7.67. The number of hydrogen-bond donors (Lipinski definition) is 0. The number of benzene rings is 6. The fraction of sp³-hybridized carbons (Fsp3) is 0.294. The van der Waals surface area contributed by atoms with E-state index in [-0.39, 0.29) is 13.4 Å². The average Bonchev–Trinajstić information content (AvgIpc) is 3.60. The summed E-state index contributed by atoms with van der Waals surface area (Å²) in [7, 11) is 0. The highest BCUT2D eigenvalue weighted by Gasteiger charge is 2.41. The lowest BCUT2D eigenvalue weighted by atomic mass is 9.34. The highest BCUT2D eigenvalue weighted by Crippen LogP contribution is 2.38. The lowest BCUT2D eigenvalue weighted by Gasteiger charge is -2.30. The Morgan fingerprint density at radius 2 is 0.564 bits per heavy atom. The van der Waals surface area contributed by atoms with E-state index in [1.165, 1.54) is 99.5 Å². The van der Waals surface area contributed by atoms with Crippen LogP contribution in [0.5, 0.6) is 0 Å². The van der Waals surface area contributed by atoms with E-state index in [2.05, 4.69) is 180 Å². The number of ether oxygens (including phenoxy) is 2. The lowest BCUT2D eigenvalue weighted by molar-refractivity contribution is -0.129. The molecule has 0 amide bonds. The van der Waals surface area contributed by atoms with Crippen molar-refractivity contribution in [3.63, 3.8) is 0 Å². The second-order valence-corrected chi connectivity index (χ2v) is 16.7. The van der Waals surface area contributed by atoms with Crippen molar-refractivity contribution in [3.05, 3.63) is 175 Å². The van der Waals surface area contributed by atoms with Crippen LogP contribution >= 0.6 is 0 Å². The van der Waals surface area contributed by atoms with Gasteiger partial charge in [0, 0.05) is 11.1 Å². The minimum Gasteiger partial charge on any atom is -0.340 e. The van der Waals surface area contributed by atoms with Gasteiger partial charge in [-0.3, -0.25) is 0 Å². The fourth-order valence-electron chi connectivity index (χ4n) is 10.2. The topological polar surface area (TPSA) is 18.5 Å². The molecule has 6 aromatic carbocycles. The van der Waals surface area contributed by atoms with Gasteiger partial charge in [0.05, 0.1) is 13.2 Å². The van der Waals surface area contributed by atoms with E-state index < -0.39 is 5.79 Å². The van der Waals surface area contributed by atoms with Crippen LogP contribution in [0.3, 0.4) is 0 Å². The van der Waals surface area contributed by atoms with Crippen LogP contribution in [0, 0.1) is 83.1 Å². The molecule has 0 aliphatic carbocycles. The third kappa shape index (κ3) is 7.16. The normalized spacial score (nSPS) is 13.7. The zero-order valence-electron chi connectivity index (χ0n) is 35.1. The standard InChI is InChI=1S/C51H56B2O2/c1-31-23-35(5)47(36(6)24-31)52(48-37(7)25-32(2)26-38(48)8)45-17-13-43(14-18-45)51(54-21-22-55-51)44-15-19-46(20-16-44)53(49-39(9)27-33(3)28-40(49)10)50-41(11)29-34(4)30-42(50)12/h13-20,23-30H,21-22H2,1-12H3. The van der Waals surface area contributed by atoms with Crippen molar-refractivity contribution in [1.29, 1.82) is 0 Å². The molecule has 1 aliphatic rings. The molecule has 1 fully saturated rings. The molecule has 278 valence electrons. The summed E-state index contributed by atoms with van der Waals surface area (Å²) in [6.07, 6.45) is 0. The highest BCUT2D eigenvalue weighted by atomic mass is 16.7. The monoisotopic (exact) mass is 722 g/mol. The van der Waals surface area contributed by atoms with Crippen molar-refractivity contribution in [3.8, 4) is 0 Å². The molecule has 0 bridgehead atoms. The van der Waals surface area contributed by atoms with E-state index in [4.69, 9.17) is 9.47 Å². The summed E-state index contributed by atoms with van der Waals surface area (Å²) < 4.78 is 13.3. The number of hydrogen-bond acceptors (Lipinski definition) is 2. The Labute approximate surface area is 331 Å². The minimum atomic E-state index is -0.973. The fourth-order valence-corrected chi connectivity index (χ4v) is 10.2. The summed E-state index contributed by atoms with van der Waals surface area (Å²) in [6.45, 7) is 28.2. The van der Waals surface area contributed by atoms with Crippen LogP contribution in [0.1, 0.15) is 77.9 Å². The van der Waals surface area contributed by atoms with Gasteiger partial charge in [0.1, 0.15) is 0 Å². The molecule has 4 heteroatoms. The Morgan fingerprint density at radius 1 is 0.345 bits per heavy atom. The lowest BCUT2D eigenvalue weighted by Crippen LogP contribution is -2.56. The first-order valence-electron chi connectivity index (χ1n) is 20.0. The van der Waals surface area contributed by atoms with Crippen LogP contribution in [0.4, 0.5) is 0 Å². The number of aryl methyl sites for hydroxylation is 12. The van der Waals surface area contributed by atoms with Gasteiger partial charge >= 0.3 is 0 Å². The first-order chi connectivity index (χ1) is 26.2. The molecule has 6 aromatic rings. The first-order valence-corrected chi connectivity index (χ1v) is 20.0. The third-order valence-corrected chi connectivity index (χ3v) is 12.0. The Balaban J connectivity index is 1.32. The zero-order valence-corrected chi connectivity index (χ0v) is 35.1. The molecule has 1 saturated heterocycles. The van der Waals surface area contributed by atoms with Crippen LogP contribution in [0.15, 0.2) is 97.1 Å². The van der Waals surface area contributed by atoms with E-state index >= 15 is 0 Å². The van der Waals surface area contributed by atoms with Crippen molar-refractivity contribution in [2.45, 2.75) is 88.9 Å². The van der Waals surface area contributed by atoms with E-state index in [1.54, 1.807) is 0 Å². The summed E-state index contributed by atoms with van der Waals surface area (Å²) in [6, 6.07) is 36.8. The molecule has 55 heavy (non-hydrogen) atoms. The van der Waals surface area contributed by atoms with Gasteiger partial charge in [-0.05, 0) is 83.1 Å². The predicted molar refractivity (Wildman–Crippen MR) is 237 cm³/mol. The SMILES string of the molecule is Cc1cc(C)c(B(c2ccc(C3(c4ccc(B(c5c(C)cc(C)cc5C)c5c(C)cc(C)cc5C)cc4)OCCO3)cc2)c2c(C)cc(C)cc2C)c(C)c1. The van der Waals surface area contributed by atoms with Crippen LogP contribution < -0.4 is 32.8 Å². The molecule has 1 heterocycles. The van der Waals surface area contributed by atoms with Gasteiger partial charge in [0.2, 0.25) is 19.2 Å². The highest BCUT2D eigenvalue weighted by molar-refractivity contribution is 6.97. The van der Waals surface area contributed by atoms with Gasteiger partial charge in [-0.1, -0.05) is 197 Å². The number of rotatable bonds is 8. The van der Waals surface area contributed by atoms with Crippen LogP contribution in [0.2, 0.25) is 0 Å². The second kappa shape index (κ2) is 15.1. The van der Waals surface area contributed by atoms with Gasteiger partial charge in [0.15, 0.2) is 0 Å². The molecule has 0 N–H and O–H groups in total. The van der Waals surface area contributed by atoms with Crippen LogP contribution in [-0.4, -0.2) is 26.6 Å². The quantitative estimate of drug-likeness (QED) is 0.150. The summed E-state index contributed by atoms with van der Waals surface area (Å²) in [4.78, 5) is 0. The van der Waals surface area contributed by atoms with Crippen molar-refractivity contribution in [2.24, 2.45) is 0 Å². The molecule has 7 rings (SSSR count). The molecule has 0 saturated carbocycles. The molecule has 0 unspecified atom stereocenters. The molecule has 2 nitrogen and oxygen atoms in total. The van der Waals surface area contributed by atoms with Crippen molar-refractivity contribution in [1.82, 2.24) is 0 Å². The maximum Gasteiger partial charge on any atom is 0.242 e. The molecular weight excluding hydrogens is 666 g/mol. The van der Waals surface area contributed by atoms with E-state index in [9.17, 15) is 0 Å². The van der Waals surface area contributed by atoms with Gasteiger partial charge in [0.25, 0.3) is 0 Å². The molecule has 0 aromatic heterocycles. The Kier molecular flexibility index (Phi) is 10.6. The Bertz CT molecular complexity index is 2030. The average molecular weight is 723 g/mol. The van der Waals surface area contributed by atoms with Crippen molar-refractivity contribution >= 4 is 46.2 Å². The van der Waals surface area contributed by atoms with Gasteiger partial charge in [-0.2, -0.15) is 0 Å². The minimum absolute atomic E-state index is 0.107. The summed E-state index contributed by atoms with van der Waals surface area (Å²) in [5.74, 6) is -0.973. The van der Waals surface area contributed by atoms with Crippen LogP contribution in [0.25, 0.3) is 0 Å². The van der Waals surface area contributed by atoms with Crippen LogP contribution in [-0.2, 0) is 15.3 Å². The smallest absolute Gasteiger partial charge is 0.242 e. The third-order valence-electron chi connectivity index (χ3n) is 12.0. The molecule has 0 spiro atoms. The van der Waals surface area contributed by atoms with Gasteiger partial charge < -0.3 is 9.47 Å². The summed E-state index contributed by atoms with van der Waals surface area (Å²) >= 11 is 0. The van der Waals surface area contributed by atoms with Gasteiger partial charge in [-0.15, -0.1) is 0 Å². The maximum atomic E-state index is 6.64. The molecular formula is C51H56B2O2. The largest absolute Gasteiger partial charge is 0.340 e. The van der Waals surface area contributed by atoms with E-state index in [0.717, 1.165) is 11.1 Å². The maximum absolute atomic E-state index is 6.64. The van der Waals surface area contributed by atoms with E-state index in [0.29, 0.717) is 13.2 Å². The van der Waals surface area contributed by atoms with E-state index in [1.807, 2.05) is 0 Å². The Morgan fingerprint density at radius 3 is 0.782 bits per heavy atom. The van der Waals surface area contributed by atoms with Gasteiger partial charge in [-0.25, -0.2) is 0 Å². The first kappa shape index (κ1) is 38.6. The van der Waals surface area contributed by atoms with Crippen molar-refractivity contribution in [2.75, 3.05) is 13.2 Å². The molecule has 0 atom stereocenters.